The molecular formula is C29H40N4O2. The van der Waals surface area contributed by atoms with Crippen LogP contribution in [0.3, 0.4) is 0 Å². The summed E-state index contributed by atoms with van der Waals surface area (Å²) in [5.41, 5.74) is 3.44. The molecule has 6 heteroatoms. The average molecular weight is 477 g/mol. The lowest BCUT2D eigenvalue weighted by Gasteiger charge is -2.22. The summed E-state index contributed by atoms with van der Waals surface area (Å²) in [6.45, 7) is 6.80. The Hall–Kier alpha value is -2.50. The fourth-order valence-corrected chi connectivity index (χ4v) is 6.31. The lowest BCUT2D eigenvalue weighted by molar-refractivity contribution is -0.128. The van der Waals surface area contributed by atoms with Crippen LogP contribution in [0.1, 0.15) is 98.6 Å². The van der Waals surface area contributed by atoms with Crippen LogP contribution in [0.15, 0.2) is 18.2 Å². The molecule has 0 radical (unpaired) electrons. The van der Waals surface area contributed by atoms with Gasteiger partial charge in [0, 0.05) is 50.7 Å². The molecule has 0 spiro atoms. The van der Waals surface area contributed by atoms with E-state index < -0.39 is 0 Å². The number of nitrogens with zero attached hydrogens (tertiary/aromatic N) is 4. The van der Waals surface area contributed by atoms with Crippen LogP contribution in [0, 0.1) is 25.7 Å². The number of Topliss-reactive ketones (excluding diaryl/α,β-unsaturated/α-hetero) is 1. The highest BCUT2D eigenvalue weighted by atomic mass is 16.2. The highest BCUT2D eigenvalue weighted by Crippen LogP contribution is 2.42. The van der Waals surface area contributed by atoms with Gasteiger partial charge in [-0.05, 0) is 50.2 Å². The molecule has 0 bridgehead atoms. The zero-order valence-corrected chi connectivity index (χ0v) is 21.6. The van der Waals surface area contributed by atoms with Gasteiger partial charge in [0.15, 0.2) is 0 Å². The number of benzene rings is 1. The van der Waals surface area contributed by atoms with E-state index >= 15 is 0 Å². The van der Waals surface area contributed by atoms with Crippen molar-refractivity contribution in [1.29, 1.82) is 0 Å². The van der Waals surface area contributed by atoms with E-state index in [-0.39, 0.29) is 23.5 Å². The molecule has 3 fully saturated rings. The summed E-state index contributed by atoms with van der Waals surface area (Å²) in [6, 6.07) is 6.75. The van der Waals surface area contributed by atoms with Crippen molar-refractivity contribution in [3.63, 3.8) is 0 Å². The van der Waals surface area contributed by atoms with E-state index in [4.69, 9.17) is 5.10 Å². The van der Waals surface area contributed by atoms with Gasteiger partial charge in [0.2, 0.25) is 5.91 Å². The van der Waals surface area contributed by atoms with Gasteiger partial charge in [0.1, 0.15) is 17.4 Å². The van der Waals surface area contributed by atoms with Crippen molar-refractivity contribution >= 4 is 11.7 Å². The number of aromatic nitrogens is 3. The van der Waals surface area contributed by atoms with Crippen LogP contribution in [0.25, 0.3) is 0 Å². The van der Waals surface area contributed by atoms with Crippen LogP contribution in [0.5, 0.6) is 0 Å². The lowest BCUT2D eigenvalue weighted by Crippen LogP contribution is -2.28. The van der Waals surface area contributed by atoms with Gasteiger partial charge in [-0.25, -0.2) is 0 Å². The number of amides is 1. The minimum Gasteiger partial charge on any atom is -0.341 e. The first-order chi connectivity index (χ1) is 16.9. The second-order valence-electron chi connectivity index (χ2n) is 11.3. The van der Waals surface area contributed by atoms with Crippen LogP contribution < -0.4 is 0 Å². The molecule has 2 atom stereocenters. The molecule has 1 saturated heterocycles. The van der Waals surface area contributed by atoms with Crippen LogP contribution >= 0.6 is 0 Å². The number of likely N-dealkylation sites (tertiary alicyclic amines) is 1. The number of hydrogen-bond donors (Lipinski definition) is 0. The summed E-state index contributed by atoms with van der Waals surface area (Å²) in [7, 11) is 0. The Morgan fingerprint density at radius 2 is 1.77 bits per heavy atom. The number of rotatable bonds is 8. The van der Waals surface area contributed by atoms with E-state index in [0.717, 1.165) is 48.0 Å². The molecule has 1 aromatic carbocycles. The number of hydrogen-bond acceptors (Lipinski definition) is 4. The molecule has 2 aliphatic carbocycles. The van der Waals surface area contributed by atoms with Gasteiger partial charge in [-0.2, -0.15) is 0 Å². The molecule has 5 rings (SSSR count). The van der Waals surface area contributed by atoms with E-state index in [1.54, 1.807) is 6.92 Å². The van der Waals surface area contributed by atoms with Crippen molar-refractivity contribution in [3.8, 4) is 0 Å². The second-order valence-corrected chi connectivity index (χ2v) is 11.3. The van der Waals surface area contributed by atoms with Crippen molar-refractivity contribution in [1.82, 2.24) is 19.7 Å². The first kappa shape index (κ1) is 24.2. The highest BCUT2D eigenvalue weighted by molar-refractivity contribution is 5.86. The Morgan fingerprint density at radius 1 is 1.00 bits per heavy atom. The Kier molecular flexibility index (Phi) is 7.08. The summed E-state index contributed by atoms with van der Waals surface area (Å²) in [4.78, 5) is 27.8. The van der Waals surface area contributed by atoms with Gasteiger partial charge >= 0.3 is 0 Å². The summed E-state index contributed by atoms with van der Waals surface area (Å²) in [6.07, 6.45) is 11.7. The molecule has 3 aliphatic rings. The molecule has 2 saturated carbocycles. The van der Waals surface area contributed by atoms with E-state index in [0.29, 0.717) is 25.6 Å². The van der Waals surface area contributed by atoms with Crippen LogP contribution in [0.2, 0.25) is 0 Å². The van der Waals surface area contributed by atoms with Gasteiger partial charge in [-0.15, -0.1) is 10.2 Å². The smallest absolute Gasteiger partial charge is 0.219 e. The number of aryl methyl sites for hydroxylation is 3. The third kappa shape index (κ3) is 5.36. The fourth-order valence-electron chi connectivity index (χ4n) is 6.31. The minimum atomic E-state index is -0.229. The maximum absolute atomic E-state index is 13.6. The second kappa shape index (κ2) is 10.2. The minimum absolute atomic E-state index is 0.0341. The Morgan fingerprint density at radius 3 is 2.46 bits per heavy atom. The largest absolute Gasteiger partial charge is 0.341 e. The van der Waals surface area contributed by atoms with E-state index in [2.05, 4.69) is 41.7 Å². The summed E-state index contributed by atoms with van der Waals surface area (Å²) in [5, 5.41) is 9.38. The molecule has 35 heavy (non-hydrogen) atoms. The topological polar surface area (TPSA) is 68.1 Å². The van der Waals surface area contributed by atoms with Crippen LogP contribution in [-0.2, 0) is 22.4 Å². The fraction of sp³-hybridized carbons (Fsp3) is 0.655. The predicted molar refractivity (Wildman–Crippen MR) is 136 cm³/mol. The van der Waals surface area contributed by atoms with Crippen molar-refractivity contribution in [2.45, 2.75) is 96.9 Å². The number of carbonyl (C=O) groups is 2. The maximum atomic E-state index is 13.6. The number of ketones is 1. The lowest BCUT2D eigenvalue weighted by atomic mass is 9.86. The van der Waals surface area contributed by atoms with Crippen LogP contribution in [-0.4, -0.2) is 44.4 Å². The van der Waals surface area contributed by atoms with Crippen LogP contribution in [0.4, 0.5) is 0 Å². The molecule has 2 aromatic rings. The summed E-state index contributed by atoms with van der Waals surface area (Å²) < 4.78 is 2.37. The molecule has 0 unspecified atom stereocenters. The normalized spacial score (nSPS) is 23.1. The average Bonchev–Trinajstić information content (AvgIpc) is 3.43. The van der Waals surface area contributed by atoms with Gasteiger partial charge in [0.05, 0.1) is 0 Å². The maximum Gasteiger partial charge on any atom is 0.219 e. The van der Waals surface area contributed by atoms with E-state index in [1.165, 1.54) is 44.1 Å². The molecular weight excluding hydrogens is 436 g/mol. The highest BCUT2D eigenvalue weighted by Gasteiger charge is 2.43. The molecule has 1 aromatic heterocycles. The first-order valence-electron chi connectivity index (χ1n) is 13.7. The quantitative estimate of drug-likeness (QED) is 0.531. The molecule has 1 aliphatic heterocycles. The standard InChI is InChI=1S/C29H40N4O2/c1-19-9-11-23(20(2)15-19)16-27(35)25-17-32(21(3)34)18-26(25)29-31-30-28(33(29)24-12-13-24)14-10-22-7-5-4-6-8-22/h9,11,15,22,24-26H,4-8,10,12-14,16-18H2,1-3H3/t25-,26-/m0/s1. The van der Waals surface area contributed by atoms with Crippen molar-refractivity contribution in [3.05, 3.63) is 46.5 Å². The molecule has 2 heterocycles. The monoisotopic (exact) mass is 476 g/mol. The SMILES string of the molecule is CC(=O)N1C[C@H](C(=O)Cc2ccc(C)cc2C)[C@@H](c2nnc(CCC3CCCCC3)n2C2CC2)C1. The first-order valence-corrected chi connectivity index (χ1v) is 13.7. The van der Waals surface area contributed by atoms with Gasteiger partial charge in [-0.1, -0.05) is 55.9 Å². The van der Waals surface area contributed by atoms with E-state index in [9.17, 15) is 9.59 Å². The summed E-state index contributed by atoms with van der Waals surface area (Å²) >= 11 is 0. The van der Waals surface area contributed by atoms with Crippen molar-refractivity contribution < 1.29 is 9.59 Å². The van der Waals surface area contributed by atoms with Crippen molar-refractivity contribution in [2.24, 2.45) is 11.8 Å². The van der Waals surface area contributed by atoms with Crippen molar-refractivity contribution in [2.75, 3.05) is 13.1 Å². The molecule has 188 valence electrons. The van der Waals surface area contributed by atoms with Gasteiger partial charge < -0.3 is 9.47 Å². The molecule has 0 N–H and O–H groups in total. The third-order valence-electron chi connectivity index (χ3n) is 8.58. The third-order valence-corrected chi connectivity index (χ3v) is 8.58. The molecule has 6 nitrogen and oxygen atoms in total. The Bertz CT molecular complexity index is 1080. The Balaban J connectivity index is 1.38. The predicted octanol–water partition coefficient (Wildman–Crippen LogP) is 5.12. The van der Waals surface area contributed by atoms with Gasteiger partial charge in [0.25, 0.3) is 0 Å². The Labute approximate surface area is 209 Å². The van der Waals surface area contributed by atoms with Gasteiger partial charge in [-0.3, -0.25) is 9.59 Å². The molecule has 1 amide bonds. The summed E-state index contributed by atoms with van der Waals surface area (Å²) in [5.74, 6) is 2.78. The number of carbonyl (C=O) groups excluding carboxylic acids is 2. The zero-order chi connectivity index (χ0) is 24.5. The zero-order valence-electron chi connectivity index (χ0n) is 21.6. The van der Waals surface area contributed by atoms with E-state index in [1.807, 2.05) is 4.90 Å².